The first-order valence-electron chi connectivity index (χ1n) is 4.35. The molecule has 1 aromatic heterocycles. The van der Waals surface area contributed by atoms with Gasteiger partial charge >= 0.3 is 5.97 Å². The summed E-state index contributed by atoms with van der Waals surface area (Å²) < 4.78 is 29.9. The quantitative estimate of drug-likeness (QED) is 0.520. The Morgan fingerprint density at radius 3 is 2.75 bits per heavy atom. The Bertz CT molecular complexity index is 459. The number of carbonyl (C=O) groups is 1. The zero-order valence-electron chi connectivity index (χ0n) is 8.22. The van der Waals surface area contributed by atoms with Crippen molar-refractivity contribution in [2.45, 2.75) is 13.3 Å². The third-order valence-corrected chi connectivity index (χ3v) is 2.60. The fraction of sp³-hybridized carbons (Fsp3) is 0.333. The van der Waals surface area contributed by atoms with Gasteiger partial charge in [0, 0.05) is 6.07 Å². The summed E-state index contributed by atoms with van der Waals surface area (Å²) >= 11 is 1.55. The highest BCUT2D eigenvalue weighted by Gasteiger charge is 2.23. The molecule has 0 amide bonds. The second-order valence-corrected chi connectivity index (χ2v) is 3.87. The number of ether oxygens (including phenoxy) is 1. The summed E-state index contributed by atoms with van der Waals surface area (Å²) in [6.45, 7) is 1.61. The molecule has 0 unspecified atom stereocenters. The van der Waals surface area contributed by atoms with Crippen LogP contribution in [0.5, 0.6) is 0 Å². The van der Waals surface area contributed by atoms with Crippen molar-refractivity contribution in [2.24, 2.45) is 0 Å². The number of hydrogen-bond acceptors (Lipinski definition) is 3. The lowest BCUT2D eigenvalue weighted by molar-refractivity contribution is 0.0514. The molecule has 16 heavy (non-hydrogen) atoms. The molecule has 0 aliphatic heterocycles. The maximum atomic E-state index is 12.7. The molecule has 1 rings (SSSR count). The van der Waals surface area contributed by atoms with Gasteiger partial charge < -0.3 is 9.72 Å². The molecule has 0 bridgehead atoms. The molecule has 0 radical (unpaired) electrons. The fourth-order valence-electron chi connectivity index (χ4n) is 1.13. The maximum absolute atomic E-state index is 12.7. The topological polar surface area (TPSA) is 59.2 Å². The molecule has 0 spiro atoms. The zero-order valence-corrected chi connectivity index (χ0v) is 10.4. The molecule has 0 atom stereocenters. The zero-order chi connectivity index (χ0) is 12.3. The Kier molecular flexibility index (Phi) is 4.39. The number of aromatic nitrogens is 1. The SMILES string of the molecule is CCOC(=O)c1cc(=O)[nH]c(I)c1C(F)F. The van der Waals surface area contributed by atoms with E-state index in [1.165, 1.54) is 0 Å². The molecule has 1 heterocycles. The van der Waals surface area contributed by atoms with Crippen molar-refractivity contribution >= 4 is 28.6 Å². The van der Waals surface area contributed by atoms with Gasteiger partial charge in [0.2, 0.25) is 5.56 Å². The van der Waals surface area contributed by atoms with Crippen LogP contribution in [0.25, 0.3) is 0 Å². The van der Waals surface area contributed by atoms with Crippen LogP contribution in [0.2, 0.25) is 0 Å². The minimum absolute atomic E-state index is 0.0526. The highest BCUT2D eigenvalue weighted by molar-refractivity contribution is 14.1. The summed E-state index contributed by atoms with van der Waals surface area (Å²) in [5.74, 6) is -0.915. The number of nitrogens with one attached hydrogen (secondary N) is 1. The van der Waals surface area contributed by atoms with E-state index < -0.39 is 23.5 Å². The van der Waals surface area contributed by atoms with Crippen LogP contribution in [-0.2, 0) is 4.74 Å². The molecule has 7 heteroatoms. The highest BCUT2D eigenvalue weighted by atomic mass is 127. The van der Waals surface area contributed by atoms with Crippen molar-refractivity contribution in [3.05, 3.63) is 31.2 Å². The second kappa shape index (κ2) is 5.37. The van der Waals surface area contributed by atoms with Gasteiger partial charge in [0.25, 0.3) is 6.43 Å². The van der Waals surface area contributed by atoms with Crippen molar-refractivity contribution in [1.29, 1.82) is 0 Å². The first-order valence-corrected chi connectivity index (χ1v) is 5.43. The number of aromatic amines is 1. The number of rotatable bonds is 3. The van der Waals surface area contributed by atoms with Crippen LogP contribution in [-0.4, -0.2) is 17.6 Å². The van der Waals surface area contributed by atoms with Crippen LogP contribution in [0.1, 0.15) is 29.3 Å². The van der Waals surface area contributed by atoms with Gasteiger partial charge in [-0.2, -0.15) is 0 Å². The molecule has 1 N–H and O–H groups in total. The molecule has 0 aromatic carbocycles. The Labute approximate surface area is 103 Å². The van der Waals surface area contributed by atoms with Crippen molar-refractivity contribution in [1.82, 2.24) is 4.98 Å². The molecule has 0 saturated carbocycles. The largest absolute Gasteiger partial charge is 0.462 e. The lowest BCUT2D eigenvalue weighted by Crippen LogP contribution is -2.17. The first-order chi connectivity index (χ1) is 7.47. The van der Waals surface area contributed by atoms with E-state index >= 15 is 0 Å². The Morgan fingerprint density at radius 1 is 1.62 bits per heavy atom. The molecule has 0 aliphatic rings. The normalized spacial score (nSPS) is 10.6. The van der Waals surface area contributed by atoms with E-state index in [0.29, 0.717) is 0 Å². The lowest BCUT2D eigenvalue weighted by atomic mass is 10.1. The van der Waals surface area contributed by atoms with Gasteiger partial charge in [-0.25, -0.2) is 13.6 Å². The number of halogens is 3. The van der Waals surface area contributed by atoms with Gasteiger partial charge in [-0.05, 0) is 29.5 Å². The van der Waals surface area contributed by atoms with E-state index in [-0.39, 0.29) is 15.9 Å². The number of carbonyl (C=O) groups excluding carboxylic acids is 1. The Balaban J connectivity index is 3.35. The molecule has 88 valence electrons. The van der Waals surface area contributed by atoms with Crippen molar-refractivity contribution < 1.29 is 18.3 Å². The van der Waals surface area contributed by atoms with Gasteiger partial charge in [0.05, 0.1) is 21.4 Å². The van der Waals surface area contributed by atoms with Gasteiger partial charge in [-0.3, -0.25) is 4.79 Å². The summed E-state index contributed by atoms with van der Waals surface area (Å²) in [5.41, 5.74) is -1.50. The minimum atomic E-state index is -2.84. The third kappa shape index (κ3) is 2.77. The van der Waals surface area contributed by atoms with Crippen molar-refractivity contribution in [3.63, 3.8) is 0 Å². The molecular formula is C9H8F2INO3. The molecule has 1 aromatic rings. The number of H-pyrrole nitrogens is 1. The summed E-state index contributed by atoms with van der Waals surface area (Å²) in [7, 11) is 0. The lowest BCUT2D eigenvalue weighted by Gasteiger charge is -2.09. The minimum Gasteiger partial charge on any atom is -0.462 e. The van der Waals surface area contributed by atoms with Gasteiger partial charge in [0.15, 0.2) is 0 Å². The van der Waals surface area contributed by atoms with E-state index in [0.717, 1.165) is 6.07 Å². The highest BCUT2D eigenvalue weighted by Crippen LogP contribution is 2.26. The van der Waals surface area contributed by atoms with E-state index in [1.807, 2.05) is 0 Å². The number of hydrogen-bond donors (Lipinski definition) is 1. The molecule has 0 saturated heterocycles. The van der Waals surface area contributed by atoms with Crippen LogP contribution in [0.4, 0.5) is 8.78 Å². The summed E-state index contributed by atoms with van der Waals surface area (Å²) in [6.07, 6.45) is -2.84. The smallest absolute Gasteiger partial charge is 0.338 e. The average molecular weight is 343 g/mol. The summed E-state index contributed by atoms with van der Waals surface area (Å²) in [4.78, 5) is 24.6. The molecule has 4 nitrogen and oxygen atoms in total. The van der Waals surface area contributed by atoms with Crippen molar-refractivity contribution in [3.8, 4) is 0 Å². The van der Waals surface area contributed by atoms with Crippen LogP contribution in [0, 0.1) is 3.70 Å². The predicted octanol–water partition coefficient (Wildman–Crippen LogP) is 2.09. The van der Waals surface area contributed by atoms with E-state index in [1.54, 1.807) is 29.5 Å². The number of pyridine rings is 1. The maximum Gasteiger partial charge on any atom is 0.338 e. The van der Waals surface area contributed by atoms with Crippen LogP contribution in [0.15, 0.2) is 10.9 Å². The fourth-order valence-corrected chi connectivity index (χ4v) is 1.92. The first kappa shape index (κ1) is 13.1. The Morgan fingerprint density at radius 2 is 2.25 bits per heavy atom. The van der Waals surface area contributed by atoms with Crippen molar-refractivity contribution in [2.75, 3.05) is 6.61 Å². The van der Waals surface area contributed by atoms with E-state index in [4.69, 9.17) is 0 Å². The third-order valence-electron chi connectivity index (χ3n) is 1.75. The van der Waals surface area contributed by atoms with Gasteiger partial charge in [0.1, 0.15) is 0 Å². The van der Waals surface area contributed by atoms with Crippen LogP contribution >= 0.6 is 22.6 Å². The van der Waals surface area contributed by atoms with Crippen LogP contribution < -0.4 is 5.56 Å². The Hall–Kier alpha value is -0.990. The van der Waals surface area contributed by atoms with E-state index in [9.17, 15) is 18.4 Å². The van der Waals surface area contributed by atoms with Crippen LogP contribution in [0.3, 0.4) is 0 Å². The monoisotopic (exact) mass is 343 g/mol. The number of esters is 1. The summed E-state index contributed by atoms with van der Waals surface area (Å²) in [6, 6.07) is 0.821. The predicted molar refractivity (Wildman–Crippen MR) is 60.7 cm³/mol. The standard InChI is InChI=1S/C9H8F2INO3/c1-2-16-9(15)4-3-5(14)13-8(12)6(4)7(10)11/h3,7H,2H2,1H3,(H,13,14). The molecule has 0 aliphatic carbocycles. The average Bonchev–Trinajstić information content (AvgIpc) is 2.15. The number of alkyl halides is 2. The molecule has 0 fully saturated rings. The van der Waals surface area contributed by atoms with E-state index in [2.05, 4.69) is 9.72 Å². The van der Waals surface area contributed by atoms with Gasteiger partial charge in [-0.15, -0.1) is 0 Å². The van der Waals surface area contributed by atoms with Gasteiger partial charge in [-0.1, -0.05) is 0 Å². The second-order valence-electron chi connectivity index (χ2n) is 2.80. The summed E-state index contributed by atoms with van der Waals surface area (Å²) in [5, 5.41) is 0. The molecular weight excluding hydrogens is 335 g/mol.